The summed E-state index contributed by atoms with van der Waals surface area (Å²) in [5.74, 6) is 2.30. The van der Waals surface area contributed by atoms with E-state index in [1.807, 2.05) is 13.8 Å². The Bertz CT molecular complexity index is 654. The van der Waals surface area contributed by atoms with Gasteiger partial charge < -0.3 is 18.5 Å². The molecule has 3 rings (SSSR count). The van der Waals surface area contributed by atoms with E-state index in [-0.39, 0.29) is 11.0 Å². The van der Waals surface area contributed by atoms with Crippen LogP contribution < -0.4 is 9.47 Å². The lowest BCUT2D eigenvalue weighted by molar-refractivity contribution is -0.0827. The molecule has 1 heterocycles. The molecule has 1 aromatic rings. The first-order chi connectivity index (χ1) is 12.8. The molecule has 0 aromatic heterocycles. The van der Waals surface area contributed by atoms with Crippen LogP contribution in [0, 0.1) is 11.3 Å². The Morgan fingerprint density at radius 3 is 2.44 bits per heavy atom. The van der Waals surface area contributed by atoms with Crippen molar-refractivity contribution in [1.29, 1.82) is 0 Å². The Kier molecular flexibility index (Phi) is 6.40. The maximum Gasteiger partial charge on any atom is 0.175 e. The van der Waals surface area contributed by atoms with E-state index >= 15 is 0 Å². The minimum Gasteiger partial charge on any atom is -0.493 e. The Balaban J connectivity index is 1.93. The number of benzene rings is 1. The van der Waals surface area contributed by atoms with Crippen LogP contribution in [-0.4, -0.2) is 25.9 Å². The quantitative estimate of drug-likeness (QED) is 0.524. The predicted octanol–water partition coefficient (Wildman–Crippen LogP) is 6.10. The maximum atomic E-state index is 6.65. The summed E-state index contributed by atoms with van der Waals surface area (Å²) in [7, 11) is 0.823. The average Bonchev–Trinajstić information content (AvgIpc) is 2.60. The molecule has 0 radical (unpaired) electrons. The number of hydrogen-bond donors (Lipinski definition) is 0. The van der Waals surface area contributed by atoms with E-state index in [2.05, 4.69) is 32.9 Å². The first-order valence-electron chi connectivity index (χ1n) is 10.2. The lowest BCUT2D eigenvalue weighted by Gasteiger charge is -2.53. The summed E-state index contributed by atoms with van der Waals surface area (Å²) in [6.07, 6.45) is 5.44. The molecule has 0 amide bonds. The van der Waals surface area contributed by atoms with Crippen LogP contribution in [0.5, 0.6) is 11.5 Å². The second-order valence-electron chi connectivity index (χ2n) is 8.63. The van der Waals surface area contributed by atoms with Crippen LogP contribution in [0.2, 0.25) is 0 Å². The zero-order chi connectivity index (χ0) is 19.7. The maximum absolute atomic E-state index is 6.65. The minimum atomic E-state index is -0.909. The van der Waals surface area contributed by atoms with E-state index in [4.69, 9.17) is 18.5 Å². The molecule has 2 aliphatic rings. The molecular weight excluding hydrogens is 359 g/mol. The fourth-order valence-electron chi connectivity index (χ4n) is 4.94. The molecule has 0 spiro atoms. The summed E-state index contributed by atoms with van der Waals surface area (Å²) in [6, 6.07) is 4.39. The number of methoxy groups -OCH3 is 1. The highest BCUT2D eigenvalue weighted by Gasteiger charge is 2.51. The molecule has 4 nitrogen and oxygen atoms in total. The number of hydrogen-bond acceptors (Lipinski definition) is 4. The molecule has 27 heavy (non-hydrogen) atoms. The Morgan fingerprint density at radius 1 is 1.11 bits per heavy atom. The molecule has 0 N–H and O–H groups in total. The van der Waals surface area contributed by atoms with Crippen LogP contribution in [0.1, 0.15) is 65.0 Å². The normalized spacial score (nSPS) is 26.3. The molecule has 1 saturated carbocycles. The van der Waals surface area contributed by atoms with Crippen molar-refractivity contribution in [2.75, 3.05) is 20.3 Å². The molecule has 2 atom stereocenters. The summed E-state index contributed by atoms with van der Waals surface area (Å²) in [6.45, 7) is 12.5. The molecule has 0 saturated heterocycles. The third-order valence-electron chi connectivity index (χ3n) is 6.20. The van der Waals surface area contributed by atoms with Gasteiger partial charge in [0.2, 0.25) is 0 Å². The van der Waals surface area contributed by atoms with E-state index in [0.29, 0.717) is 19.1 Å². The standard InChI is InChI=1S/C22H35O4P/c1-7-24-27(25-8-2)15-16-12-17-14-19-21(3,4)10-9-11-22(19,5)26-20(17)18(13-16)23-6/h12-13,19H,7-11,14-15H2,1-6H3/t19?,22-/m1/s1. The fourth-order valence-corrected chi connectivity index (χ4v) is 6.25. The van der Waals surface area contributed by atoms with Crippen LogP contribution in [0.25, 0.3) is 0 Å². The summed E-state index contributed by atoms with van der Waals surface area (Å²) in [5.41, 5.74) is 2.66. The SMILES string of the molecule is CCOP(Cc1cc2c(c(OC)c1)O[C@]1(C)CCCC(C)(C)C1C2)OCC. The highest BCUT2D eigenvalue weighted by molar-refractivity contribution is 7.46. The fraction of sp³-hybridized carbons (Fsp3) is 0.727. The molecule has 152 valence electrons. The van der Waals surface area contributed by atoms with Gasteiger partial charge in [0.1, 0.15) is 5.60 Å². The predicted molar refractivity (Wildman–Crippen MR) is 111 cm³/mol. The van der Waals surface area contributed by atoms with E-state index < -0.39 is 8.38 Å². The van der Waals surface area contributed by atoms with E-state index in [1.54, 1.807) is 7.11 Å². The lowest BCUT2D eigenvalue weighted by Crippen LogP contribution is -2.54. The molecule has 1 aromatic carbocycles. The summed E-state index contributed by atoms with van der Waals surface area (Å²) in [4.78, 5) is 0. The highest BCUT2D eigenvalue weighted by atomic mass is 31.2. The smallest absolute Gasteiger partial charge is 0.175 e. The molecule has 1 unspecified atom stereocenters. The van der Waals surface area contributed by atoms with Gasteiger partial charge in [0.15, 0.2) is 19.9 Å². The van der Waals surface area contributed by atoms with E-state index in [1.165, 1.54) is 24.0 Å². The lowest BCUT2D eigenvalue weighted by atomic mass is 9.59. The van der Waals surface area contributed by atoms with Gasteiger partial charge in [-0.2, -0.15) is 0 Å². The van der Waals surface area contributed by atoms with Crippen LogP contribution in [0.15, 0.2) is 12.1 Å². The highest BCUT2D eigenvalue weighted by Crippen LogP contribution is 2.55. The third-order valence-corrected chi connectivity index (χ3v) is 7.92. The van der Waals surface area contributed by atoms with Crippen LogP contribution in [0.4, 0.5) is 0 Å². The molecular formula is C22H35O4P. The van der Waals surface area contributed by atoms with Crippen molar-refractivity contribution in [1.82, 2.24) is 0 Å². The van der Waals surface area contributed by atoms with Crippen molar-refractivity contribution >= 4 is 8.38 Å². The van der Waals surface area contributed by atoms with Crippen molar-refractivity contribution in [2.45, 2.75) is 72.1 Å². The van der Waals surface area contributed by atoms with Gasteiger partial charge in [0.25, 0.3) is 0 Å². The monoisotopic (exact) mass is 394 g/mol. The van der Waals surface area contributed by atoms with Gasteiger partial charge in [0.05, 0.1) is 20.3 Å². The minimum absolute atomic E-state index is 0.104. The zero-order valence-electron chi connectivity index (χ0n) is 17.8. The first-order valence-corrected chi connectivity index (χ1v) is 11.6. The largest absolute Gasteiger partial charge is 0.493 e. The van der Waals surface area contributed by atoms with Crippen molar-refractivity contribution < 1.29 is 18.5 Å². The summed E-state index contributed by atoms with van der Waals surface area (Å²) >= 11 is 0. The second-order valence-corrected chi connectivity index (χ2v) is 10.1. The summed E-state index contributed by atoms with van der Waals surface area (Å²) in [5, 5.41) is 0. The van der Waals surface area contributed by atoms with Gasteiger partial charge in [-0.05, 0) is 69.1 Å². The third kappa shape index (κ3) is 4.28. The topological polar surface area (TPSA) is 36.9 Å². The summed E-state index contributed by atoms with van der Waals surface area (Å²) < 4.78 is 24.0. The van der Waals surface area contributed by atoms with E-state index in [9.17, 15) is 0 Å². The molecule has 1 aliphatic heterocycles. The molecule has 1 fully saturated rings. The average molecular weight is 394 g/mol. The first kappa shape index (κ1) is 20.9. The van der Waals surface area contributed by atoms with Crippen LogP contribution >= 0.6 is 8.38 Å². The van der Waals surface area contributed by atoms with Crippen molar-refractivity contribution in [3.63, 3.8) is 0 Å². The van der Waals surface area contributed by atoms with Gasteiger partial charge in [-0.3, -0.25) is 0 Å². The van der Waals surface area contributed by atoms with Crippen LogP contribution in [0.3, 0.4) is 0 Å². The van der Waals surface area contributed by atoms with Crippen molar-refractivity contribution in [3.8, 4) is 11.5 Å². The van der Waals surface area contributed by atoms with Crippen molar-refractivity contribution in [3.05, 3.63) is 23.3 Å². The Labute approximate surface area is 165 Å². The molecule has 0 bridgehead atoms. The van der Waals surface area contributed by atoms with Gasteiger partial charge in [-0.25, -0.2) is 0 Å². The Morgan fingerprint density at radius 2 is 1.81 bits per heavy atom. The second kappa shape index (κ2) is 8.27. The van der Waals surface area contributed by atoms with Gasteiger partial charge in [-0.1, -0.05) is 19.9 Å². The Hall–Kier alpha value is -0.830. The van der Waals surface area contributed by atoms with Gasteiger partial charge in [0, 0.05) is 12.1 Å². The number of ether oxygens (including phenoxy) is 2. The molecule has 1 aliphatic carbocycles. The van der Waals surface area contributed by atoms with Gasteiger partial charge >= 0.3 is 0 Å². The van der Waals surface area contributed by atoms with Crippen LogP contribution in [-0.2, 0) is 21.6 Å². The molecule has 5 heteroatoms. The zero-order valence-corrected chi connectivity index (χ0v) is 18.7. The number of fused-ring (bicyclic) bond motifs is 2. The van der Waals surface area contributed by atoms with Gasteiger partial charge in [-0.15, -0.1) is 0 Å². The van der Waals surface area contributed by atoms with E-state index in [0.717, 1.165) is 30.5 Å². The number of rotatable bonds is 7. The van der Waals surface area contributed by atoms with Crippen molar-refractivity contribution in [2.24, 2.45) is 11.3 Å².